The topological polar surface area (TPSA) is 50.4 Å². The molecule has 1 aromatic rings. The van der Waals surface area contributed by atoms with Crippen molar-refractivity contribution in [1.82, 2.24) is 5.43 Å². The molecule has 16 heavy (non-hydrogen) atoms. The Balaban J connectivity index is 3.04. The number of hydrogen-bond acceptors (Lipinski definition) is 2. The molecule has 3 N–H and O–H groups in total. The van der Waals surface area contributed by atoms with Crippen molar-refractivity contribution in [1.29, 1.82) is 0 Å². The first kappa shape index (κ1) is 13.2. The normalized spacial score (nSPS) is 11.3. The number of hydrazone groups is 1. The van der Waals surface area contributed by atoms with Crippen LogP contribution in [0, 0.1) is 0 Å². The van der Waals surface area contributed by atoms with Gasteiger partial charge in [-0.1, -0.05) is 36.2 Å². The molecule has 0 saturated heterocycles. The van der Waals surface area contributed by atoms with E-state index in [1.165, 1.54) is 0 Å². The van der Waals surface area contributed by atoms with Gasteiger partial charge < -0.3 is 5.73 Å². The molecule has 86 valence electrons. The Labute approximate surface area is 110 Å². The third-order valence-corrected chi connectivity index (χ3v) is 2.52. The monoisotopic (exact) mass is 275 g/mol. The number of nitrogens with one attached hydrogen (secondary N) is 1. The van der Waals surface area contributed by atoms with Gasteiger partial charge in [0.25, 0.3) is 0 Å². The molecule has 6 heteroatoms. The van der Waals surface area contributed by atoms with Crippen LogP contribution in [0.15, 0.2) is 23.3 Å². The molecule has 0 atom stereocenters. The SMILES string of the molecule is CC/C(=N\NC(N)=S)c1ccc(Cl)cc1Cl. The molecule has 0 radical (unpaired) electrons. The number of rotatable bonds is 3. The van der Waals surface area contributed by atoms with Crippen molar-refractivity contribution in [3.63, 3.8) is 0 Å². The van der Waals surface area contributed by atoms with Crippen LogP contribution in [-0.2, 0) is 0 Å². The van der Waals surface area contributed by atoms with Crippen molar-refractivity contribution in [2.45, 2.75) is 13.3 Å². The number of thiocarbonyl (C=S) groups is 1. The fourth-order valence-electron chi connectivity index (χ4n) is 1.18. The fraction of sp³-hybridized carbons (Fsp3) is 0.200. The van der Waals surface area contributed by atoms with Gasteiger partial charge in [-0.05, 0) is 30.8 Å². The molecular weight excluding hydrogens is 265 g/mol. The van der Waals surface area contributed by atoms with Crippen molar-refractivity contribution in [3.05, 3.63) is 33.8 Å². The van der Waals surface area contributed by atoms with Gasteiger partial charge in [-0.2, -0.15) is 5.10 Å². The average Bonchev–Trinajstić information content (AvgIpc) is 2.21. The maximum Gasteiger partial charge on any atom is 0.184 e. The van der Waals surface area contributed by atoms with E-state index >= 15 is 0 Å². The van der Waals surface area contributed by atoms with Crippen molar-refractivity contribution in [2.24, 2.45) is 10.8 Å². The van der Waals surface area contributed by atoms with Gasteiger partial charge in [0.1, 0.15) is 0 Å². The quantitative estimate of drug-likeness (QED) is 0.507. The van der Waals surface area contributed by atoms with Crippen LogP contribution < -0.4 is 11.2 Å². The highest BCUT2D eigenvalue weighted by atomic mass is 35.5. The van der Waals surface area contributed by atoms with E-state index in [4.69, 9.17) is 28.9 Å². The Hall–Kier alpha value is -0.840. The summed E-state index contributed by atoms with van der Waals surface area (Å²) in [6.45, 7) is 1.96. The highest BCUT2D eigenvalue weighted by Gasteiger charge is 2.07. The molecule has 0 unspecified atom stereocenters. The first-order chi connectivity index (χ1) is 7.54. The van der Waals surface area contributed by atoms with E-state index in [-0.39, 0.29) is 5.11 Å². The van der Waals surface area contributed by atoms with E-state index in [0.29, 0.717) is 16.5 Å². The molecule has 3 nitrogen and oxygen atoms in total. The van der Waals surface area contributed by atoms with Gasteiger partial charge in [0.05, 0.1) is 10.7 Å². The predicted octanol–water partition coefficient (Wildman–Crippen LogP) is 2.94. The smallest absolute Gasteiger partial charge is 0.184 e. The summed E-state index contributed by atoms with van der Waals surface area (Å²) in [7, 11) is 0. The van der Waals surface area contributed by atoms with E-state index < -0.39 is 0 Å². The summed E-state index contributed by atoms with van der Waals surface area (Å²) in [6, 6.07) is 5.24. The second-order valence-electron chi connectivity index (χ2n) is 3.01. The zero-order chi connectivity index (χ0) is 12.1. The lowest BCUT2D eigenvalue weighted by atomic mass is 10.1. The summed E-state index contributed by atoms with van der Waals surface area (Å²) in [4.78, 5) is 0. The summed E-state index contributed by atoms with van der Waals surface area (Å²) >= 11 is 16.5. The molecule has 1 rings (SSSR count). The summed E-state index contributed by atoms with van der Waals surface area (Å²) in [5.41, 5.74) is 9.43. The van der Waals surface area contributed by atoms with Crippen molar-refractivity contribution < 1.29 is 0 Å². The summed E-state index contributed by atoms with van der Waals surface area (Å²) in [5, 5.41) is 5.34. The van der Waals surface area contributed by atoms with Crippen LogP contribution in [0.3, 0.4) is 0 Å². The van der Waals surface area contributed by atoms with Gasteiger partial charge in [0.15, 0.2) is 5.11 Å². The van der Waals surface area contributed by atoms with Gasteiger partial charge in [0, 0.05) is 10.6 Å². The number of hydrogen-bond donors (Lipinski definition) is 2. The highest BCUT2D eigenvalue weighted by Crippen LogP contribution is 2.22. The molecule has 0 heterocycles. The van der Waals surface area contributed by atoms with Crippen molar-refractivity contribution in [2.75, 3.05) is 0 Å². The maximum absolute atomic E-state index is 6.06. The van der Waals surface area contributed by atoms with Gasteiger partial charge in [-0.25, -0.2) is 0 Å². The number of nitrogens with zero attached hydrogens (tertiary/aromatic N) is 1. The van der Waals surface area contributed by atoms with Crippen molar-refractivity contribution in [3.8, 4) is 0 Å². The zero-order valence-electron chi connectivity index (χ0n) is 8.63. The van der Waals surface area contributed by atoms with Crippen LogP contribution >= 0.6 is 35.4 Å². The minimum Gasteiger partial charge on any atom is -0.375 e. The van der Waals surface area contributed by atoms with Crippen LogP contribution in [-0.4, -0.2) is 10.8 Å². The third-order valence-electron chi connectivity index (χ3n) is 1.88. The largest absolute Gasteiger partial charge is 0.375 e. The maximum atomic E-state index is 6.06. The molecule has 0 bridgehead atoms. The van der Waals surface area contributed by atoms with E-state index in [2.05, 4.69) is 22.7 Å². The highest BCUT2D eigenvalue weighted by molar-refractivity contribution is 7.80. The average molecular weight is 276 g/mol. The van der Waals surface area contributed by atoms with E-state index in [9.17, 15) is 0 Å². The number of halogens is 2. The molecular formula is C10H11Cl2N3S. The molecule has 0 spiro atoms. The second kappa shape index (κ2) is 6.03. The first-order valence-electron chi connectivity index (χ1n) is 4.62. The van der Waals surface area contributed by atoms with Crippen LogP contribution in [0.2, 0.25) is 10.0 Å². The van der Waals surface area contributed by atoms with E-state index in [1.807, 2.05) is 13.0 Å². The Bertz CT molecular complexity index is 432. The molecule has 0 amide bonds. The Morgan fingerprint density at radius 2 is 2.19 bits per heavy atom. The van der Waals surface area contributed by atoms with Crippen LogP contribution in [0.4, 0.5) is 0 Å². The van der Waals surface area contributed by atoms with E-state index in [1.54, 1.807) is 12.1 Å². The fourth-order valence-corrected chi connectivity index (χ4v) is 1.74. The van der Waals surface area contributed by atoms with Crippen molar-refractivity contribution >= 4 is 46.2 Å². The van der Waals surface area contributed by atoms with Crippen LogP contribution in [0.1, 0.15) is 18.9 Å². The van der Waals surface area contributed by atoms with Gasteiger partial charge in [0.2, 0.25) is 0 Å². The molecule has 0 saturated carbocycles. The summed E-state index contributed by atoms with van der Waals surface area (Å²) < 4.78 is 0. The lowest BCUT2D eigenvalue weighted by Gasteiger charge is -2.07. The van der Waals surface area contributed by atoms with Crippen LogP contribution in [0.25, 0.3) is 0 Å². The van der Waals surface area contributed by atoms with Gasteiger partial charge >= 0.3 is 0 Å². The van der Waals surface area contributed by atoms with E-state index in [0.717, 1.165) is 11.3 Å². The number of nitrogens with two attached hydrogens (primary N) is 1. The lowest BCUT2D eigenvalue weighted by molar-refractivity contribution is 1.01. The Morgan fingerprint density at radius 1 is 1.50 bits per heavy atom. The zero-order valence-corrected chi connectivity index (χ0v) is 11.0. The van der Waals surface area contributed by atoms with Gasteiger partial charge in [-0.15, -0.1) is 0 Å². The Kier molecular flexibility index (Phi) is 4.99. The first-order valence-corrected chi connectivity index (χ1v) is 5.78. The molecule has 0 aromatic heterocycles. The third kappa shape index (κ3) is 3.63. The second-order valence-corrected chi connectivity index (χ2v) is 4.30. The standard InChI is InChI=1S/C10H11Cl2N3S/c1-2-9(14-15-10(13)16)7-4-3-6(11)5-8(7)12/h3-5H,2H2,1H3,(H3,13,15,16)/b14-9+. The molecule has 0 aliphatic heterocycles. The molecule has 1 aromatic carbocycles. The van der Waals surface area contributed by atoms with Gasteiger partial charge in [-0.3, -0.25) is 5.43 Å². The minimum atomic E-state index is 0.121. The summed E-state index contributed by atoms with van der Waals surface area (Å²) in [5.74, 6) is 0. The number of benzene rings is 1. The Morgan fingerprint density at radius 3 is 2.69 bits per heavy atom. The van der Waals surface area contributed by atoms with Crippen LogP contribution in [0.5, 0.6) is 0 Å². The molecule has 0 fully saturated rings. The lowest BCUT2D eigenvalue weighted by Crippen LogP contribution is -2.25. The molecule has 0 aliphatic rings. The molecule has 0 aliphatic carbocycles. The summed E-state index contributed by atoms with van der Waals surface area (Å²) in [6.07, 6.45) is 0.705. The minimum absolute atomic E-state index is 0.121. The predicted molar refractivity (Wildman–Crippen MR) is 73.2 cm³/mol.